The molecule has 8 heteroatoms. The largest absolute Gasteiger partial charge is 2.00 e. The van der Waals surface area contributed by atoms with E-state index < -0.39 is 18.0 Å². The van der Waals surface area contributed by atoms with E-state index in [1.165, 1.54) is 167 Å². The number of unbranched alkanes of at least 4 members (excludes halogenated alkanes) is 28. The summed E-state index contributed by atoms with van der Waals surface area (Å²) >= 11 is 0. The van der Waals surface area contributed by atoms with Crippen LogP contribution in [0, 0.1) is 0 Å². The Morgan fingerprint density at radius 2 is 0.574 bits per heavy atom. The van der Waals surface area contributed by atoms with Crippen LogP contribution in [-0.2, 0) is 9.59 Å². The topological polar surface area (TPSA) is 141 Å². The van der Waals surface area contributed by atoms with Crippen molar-refractivity contribution in [2.45, 2.75) is 225 Å². The second kappa shape index (κ2) is 50.5. The molecule has 0 heterocycles. The summed E-state index contributed by atoms with van der Waals surface area (Å²) in [5.74, 6) is -1.81. The molecule has 278 valence electrons. The van der Waals surface area contributed by atoms with E-state index in [1.54, 1.807) is 0 Å². The van der Waals surface area contributed by atoms with Crippen LogP contribution in [0.3, 0.4) is 0 Å². The summed E-state index contributed by atoms with van der Waals surface area (Å²) in [6.45, 7) is 3.81. The summed E-state index contributed by atoms with van der Waals surface area (Å²) in [5.41, 5.74) is 0. The molecule has 0 aromatic carbocycles. The molecule has 0 aliphatic rings. The van der Waals surface area contributed by atoms with Crippen molar-refractivity contribution >= 4 is 49.7 Å². The smallest absolute Gasteiger partial charge is 0.550 e. The van der Waals surface area contributed by atoms with Crippen molar-refractivity contribution in [3.8, 4) is 0 Å². The van der Waals surface area contributed by atoms with Gasteiger partial charge in [-0.15, -0.1) is 0 Å². The Morgan fingerprint density at radius 3 is 0.702 bits per heavy atom. The van der Waals surface area contributed by atoms with E-state index in [4.69, 9.17) is 15.3 Å². The first kappa shape index (κ1) is 53.9. The van der Waals surface area contributed by atoms with Gasteiger partial charge in [0.15, 0.2) is 0 Å². The maximum absolute atomic E-state index is 10.2. The van der Waals surface area contributed by atoms with Crippen molar-refractivity contribution in [3.05, 3.63) is 0 Å². The molecule has 0 bridgehead atoms. The molecule has 0 radical (unpaired) electrons. The Hall–Kier alpha value is 0.0797. The van der Waals surface area contributed by atoms with E-state index in [0.717, 1.165) is 25.7 Å². The molecule has 0 aliphatic heterocycles. The van der Waals surface area contributed by atoms with Crippen molar-refractivity contribution in [1.29, 1.82) is 0 Å². The van der Waals surface area contributed by atoms with Gasteiger partial charge >= 0.3 is 37.7 Å². The normalized spacial score (nSPS) is 10.5. The molecule has 0 fully saturated rings. The van der Waals surface area contributed by atoms with Crippen LogP contribution in [0.5, 0.6) is 0 Å². The third-order valence-corrected chi connectivity index (χ3v) is 8.39. The Balaban J connectivity index is -0.000000329. The van der Waals surface area contributed by atoms with Crippen LogP contribution in [0.15, 0.2) is 0 Å². The Kier molecular flexibility index (Phi) is 57.8. The molecular weight excluding hydrogens is 621 g/mol. The van der Waals surface area contributed by atoms with Gasteiger partial charge in [0.05, 0.1) is 13.2 Å². The summed E-state index contributed by atoms with van der Waals surface area (Å²) in [4.78, 5) is 20.4. The molecule has 3 N–H and O–H groups in total. The number of aliphatic hydroxyl groups is 3. The first-order valence-corrected chi connectivity index (χ1v) is 19.6. The fourth-order valence-corrected chi connectivity index (χ4v) is 5.34. The van der Waals surface area contributed by atoms with Gasteiger partial charge in [-0.2, -0.15) is 0 Å². The van der Waals surface area contributed by atoms with Crippen LogP contribution in [0.25, 0.3) is 0 Å². The average molecular weight is 699 g/mol. The second-order valence-electron chi connectivity index (χ2n) is 13.2. The standard InChI is InChI=1S/2C18H36O2.C3H8O3.Ca/c2*1-2-3-4-5-6-7-8-9-10-11-12-13-14-15-16-17-18(19)20;4-1-3(6)2-5;/h2*2-17H2,1H3,(H,19,20);3-6H,1-2H2;/q;;;+2/p-2. The van der Waals surface area contributed by atoms with Gasteiger partial charge in [-0.3, -0.25) is 0 Å². The fourth-order valence-electron chi connectivity index (χ4n) is 5.34. The van der Waals surface area contributed by atoms with E-state index in [2.05, 4.69) is 13.8 Å². The maximum atomic E-state index is 10.2. The monoisotopic (exact) mass is 699 g/mol. The van der Waals surface area contributed by atoms with E-state index in [1.807, 2.05) is 0 Å². The molecule has 7 nitrogen and oxygen atoms in total. The summed E-state index contributed by atoms with van der Waals surface area (Å²) in [6.07, 6.45) is 38.8. The Morgan fingerprint density at radius 1 is 0.404 bits per heavy atom. The molecule has 0 aromatic heterocycles. The van der Waals surface area contributed by atoms with Gasteiger partial charge in [-0.05, 0) is 25.7 Å². The van der Waals surface area contributed by atoms with Gasteiger partial charge in [0.2, 0.25) is 0 Å². The summed E-state index contributed by atoms with van der Waals surface area (Å²) < 4.78 is 0. The zero-order valence-electron chi connectivity index (χ0n) is 31.3. The van der Waals surface area contributed by atoms with Gasteiger partial charge in [-0.1, -0.05) is 194 Å². The third-order valence-electron chi connectivity index (χ3n) is 8.39. The number of carboxylic acids is 2. The first-order valence-electron chi connectivity index (χ1n) is 19.6. The number of hydrogen-bond donors (Lipinski definition) is 3. The SMILES string of the molecule is CCCCCCCCCCCCCCCCCC(=O)[O-].CCCCCCCCCCCCCCCCCC(=O)[O-].OCC(O)CO.[Ca+2]. The number of rotatable bonds is 34. The van der Waals surface area contributed by atoms with Gasteiger partial charge in [0.25, 0.3) is 0 Å². The van der Waals surface area contributed by atoms with E-state index >= 15 is 0 Å². The maximum Gasteiger partial charge on any atom is 2.00 e. The van der Waals surface area contributed by atoms with E-state index in [9.17, 15) is 19.8 Å². The average Bonchev–Trinajstić information content (AvgIpc) is 3.04. The third kappa shape index (κ3) is 61.7. The van der Waals surface area contributed by atoms with E-state index in [0.29, 0.717) is 0 Å². The van der Waals surface area contributed by atoms with Crippen LogP contribution in [0.2, 0.25) is 0 Å². The molecule has 0 amide bonds. The molecule has 0 rings (SSSR count). The summed E-state index contributed by atoms with van der Waals surface area (Å²) in [5, 5.41) is 44.5. The molecule has 0 spiro atoms. The fraction of sp³-hybridized carbons (Fsp3) is 0.949. The van der Waals surface area contributed by atoms with Gasteiger partial charge in [-0.25, -0.2) is 0 Å². The zero-order valence-corrected chi connectivity index (χ0v) is 33.5. The van der Waals surface area contributed by atoms with Crippen LogP contribution in [0.4, 0.5) is 0 Å². The van der Waals surface area contributed by atoms with Crippen molar-refractivity contribution in [3.63, 3.8) is 0 Å². The van der Waals surface area contributed by atoms with Gasteiger partial charge < -0.3 is 35.1 Å². The summed E-state index contributed by atoms with van der Waals surface area (Å²) in [6, 6.07) is 0. The van der Waals surface area contributed by atoms with Gasteiger partial charge in [0, 0.05) is 11.9 Å². The molecule has 0 atom stereocenters. The second-order valence-corrected chi connectivity index (χ2v) is 13.2. The van der Waals surface area contributed by atoms with Gasteiger partial charge in [0.1, 0.15) is 6.10 Å². The molecule has 47 heavy (non-hydrogen) atoms. The Bertz CT molecular complexity index is 530. The van der Waals surface area contributed by atoms with Crippen molar-refractivity contribution in [1.82, 2.24) is 0 Å². The van der Waals surface area contributed by atoms with Crippen LogP contribution < -0.4 is 10.2 Å². The minimum absolute atomic E-state index is 0. The number of carbonyl (C=O) groups is 2. The molecule has 0 saturated heterocycles. The molecular formula is C39H78CaO7. The Labute approximate surface area is 321 Å². The number of hydrogen-bond acceptors (Lipinski definition) is 7. The molecule has 0 aliphatic carbocycles. The number of aliphatic hydroxyl groups excluding tert-OH is 3. The van der Waals surface area contributed by atoms with Crippen molar-refractivity contribution < 1.29 is 35.1 Å². The minimum Gasteiger partial charge on any atom is -0.550 e. The van der Waals surface area contributed by atoms with E-state index in [-0.39, 0.29) is 63.8 Å². The predicted molar refractivity (Wildman–Crippen MR) is 195 cm³/mol. The quantitative estimate of drug-likeness (QED) is 0.0458. The minimum atomic E-state index is -0.954. The van der Waals surface area contributed by atoms with Crippen LogP contribution in [-0.4, -0.2) is 84.3 Å². The predicted octanol–water partition coefficient (Wildman–Crippen LogP) is 7.95. The molecule has 0 saturated carbocycles. The molecule has 0 unspecified atom stereocenters. The van der Waals surface area contributed by atoms with Crippen LogP contribution in [0.1, 0.15) is 219 Å². The van der Waals surface area contributed by atoms with Crippen molar-refractivity contribution in [2.24, 2.45) is 0 Å². The number of carboxylic acid groups (broad SMARTS) is 2. The zero-order chi connectivity index (χ0) is 34.8. The number of aliphatic carboxylic acids is 2. The summed E-state index contributed by atoms with van der Waals surface area (Å²) in [7, 11) is 0. The van der Waals surface area contributed by atoms with Crippen molar-refractivity contribution in [2.75, 3.05) is 13.2 Å². The first-order chi connectivity index (χ1) is 22.3. The molecule has 0 aromatic rings. The number of carbonyl (C=O) groups excluding carboxylic acids is 2. The van der Waals surface area contributed by atoms with Crippen LogP contribution >= 0.6 is 0 Å².